The number of para-hydroxylation sites is 1. The molecule has 1 fully saturated rings. The van der Waals surface area contributed by atoms with Crippen LogP contribution in [-0.2, 0) is 6.18 Å². The molecule has 1 unspecified atom stereocenters. The number of rotatable bonds is 3. The van der Waals surface area contributed by atoms with E-state index in [0.29, 0.717) is 19.1 Å². The molecule has 0 bridgehead atoms. The fourth-order valence-corrected chi connectivity index (χ4v) is 3.15. The molecular formula is C15H20ClF3N2. The number of nitrogens with one attached hydrogen (secondary N) is 1. The van der Waals surface area contributed by atoms with Gasteiger partial charge in [0.15, 0.2) is 0 Å². The van der Waals surface area contributed by atoms with Crippen LogP contribution in [0.15, 0.2) is 18.2 Å². The van der Waals surface area contributed by atoms with Crippen LogP contribution >= 0.6 is 11.6 Å². The van der Waals surface area contributed by atoms with Gasteiger partial charge in [-0.25, -0.2) is 0 Å². The summed E-state index contributed by atoms with van der Waals surface area (Å²) in [5.41, 5.74) is -0.540. The van der Waals surface area contributed by atoms with Crippen molar-refractivity contribution in [2.75, 3.05) is 18.0 Å². The number of hydrogen-bond donors (Lipinski definition) is 1. The summed E-state index contributed by atoms with van der Waals surface area (Å²) in [7, 11) is 0. The Morgan fingerprint density at radius 3 is 2.67 bits per heavy atom. The minimum Gasteiger partial charge on any atom is -0.368 e. The van der Waals surface area contributed by atoms with Crippen molar-refractivity contribution in [2.45, 2.75) is 44.9 Å². The van der Waals surface area contributed by atoms with Gasteiger partial charge in [-0.1, -0.05) is 31.5 Å². The third-order valence-corrected chi connectivity index (χ3v) is 3.90. The second-order valence-electron chi connectivity index (χ2n) is 5.74. The van der Waals surface area contributed by atoms with Crippen LogP contribution in [-0.4, -0.2) is 25.2 Å². The van der Waals surface area contributed by atoms with Crippen LogP contribution in [0.3, 0.4) is 0 Å². The predicted octanol–water partition coefficient (Wildman–Crippen LogP) is 4.33. The van der Waals surface area contributed by atoms with Gasteiger partial charge >= 0.3 is 6.18 Å². The summed E-state index contributed by atoms with van der Waals surface area (Å²) in [6.45, 7) is 5.22. The molecule has 1 N–H and O–H groups in total. The maximum Gasteiger partial charge on any atom is 0.418 e. The first kappa shape index (κ1) is 16.4. The fourth-order valence-electron chi connectivity index (χ4n) is 2.85. The zero-order valence-corrected chi connectivity index (χ0v) is 12.9. The van der Waals surface area contributed by atoms with Gasteiger partial charge in [-0.05, 0) is 25.0 Å². The van der Waals surface area contributed by atoms with Crippen LogP contribution in [0, 0.1) is 0 Å². The number of halogens is 4. The quantitative estimate of drug-likeness (QED) is 0.892. The second kappa shape index (κ2) is 6.44. The Balaban J connectivity index is 2.29. The first-order valence-corrected chi connectivity index (χ1v) is 7.53. The molecule has 1 aliphatic rings. The smallest absolute Gasteiger partial charge is 0.368 e. The van der Waals surface area contributed by atoms with Gasteiger partial charge in [-0.15, -0.1) is 0 Å². The van der Waals surface area contributed by atoms with E-state index in [4.69, 9.17) is 11.6 Å². The lowest BCUT2D eigenvalue weighted by molar-refractivity contribution is -0.137. The lowest BCUT2D eigenvalue weighted by atomic mass is 10.0. The summed E-state index contributed by atoms with van der Waals surface area (Å²) in [6, 6.07) is 4.47. The number of hydrogen-bond acceptors (Lipinski definition) is 2. The van der Waals surface area contributed by atoms with E-state index in [1.54, 1.807) is 4.90 Å². The Bertz CT molecular complexity index is 488. The van der Waals surface area contributed by atoms with Gasteiger partial charge in [0.2, 0.25) is 0 Å². The average molecular weight is 321 g/mol. The van der Waals surface area contributed by atoms with Crippen molar-refractivity contribution in [3.8, 4) is 0 Å². The molecule has 0 radical (unpaired) electrons. The van der Waals surface area contributed by atoms with Crippen LogP contribution in [0.1, 0.15) is 32.3 Å². The van der Waals surface area contributed by atoms with Crippen LogP contribution < -0.4 is 10.2 Å². The molecule has 1 saturated heterocycles. The van der Waals surface area contributed by atoms with E-state index >= 15 is 0 Å². The molecule has 2 rings (SSSR count). The SMILES string of the molecule is CC(C)NC1CCCN(c2c(Cl)cccc2C(F)(F)F)C1. The molecule has 118 valence electrons. The monoisotopic (exact) mass is 320 g/mol. The van der Waals surface area contributed by atoms with E-state index in [1.165, 1.54) is 12.1 Å². The minimum absolute atomic E-state index is 0.113. The van der Waals surface area contributed by atoms with Gasteiger partial charge in [-0.3, -0.25) is 0 Å². The largest absolute Gasteiger partial charge is 0.418 e. The number of benzene rings is 1. The molecule has 21 heavy (non-hydrogen) atoms. The number of alkyl halides is 3. The first-order chi connectivity index (χ1) is 9.79. The lowest BCUT2D eigenvalue weighted by Crippen LogP contribution is -2.48. The third-order valence-electron chi connectivity index (χ3n) is 3.60. The van der Waals surface area contributed by atoms with Gasteiger partial charge in [0.05, 0.1) is 16.3 Å². The van der Waals surface area contributed by atoms with Gasteiger partial charge in [0.25, 0.3) is 0 Å². The maximum atomic E-state index is 13.2. The lowest BCUT2D eigenvalue weighted by Gasteiger charge is -2.37. The average Bonchev–Trinajstić information content (AvgIpc) is 2.36. The Kier molecular flexibility index (Phi) is 5.04. The summed E-state index contributed by atoms with van der Waals surface area (Å²) < 4.78 is 39.6. The van der Waals surface area contributed by atoms with Crippen LogP contribution in [0.2, 0.25) is 5.02 Å². The zero-order valence-electron chi connectivity index (χ0n) is 12.2. The predicted molar refractivity (Wildman–Crippen MR) is 80.0 cm³/mol. The van der Waals surface area contributed by atoms with Crippen LogP contribution in [0.5, 0.6) is 0 Å². The van der Waals surface area contributed by atoms with Gasteiger partial charge in [0.1, 0.15) is 0 Å². The molecule has 0 amide bonds. The summed E-state index contributed by atoms with van der Waals surface area (Å²) >= 11 is 6.06. The van der Waals surface area contributed by atoms with E-state index in [-0.39, 0.29) is 16.8 Å². The van der Waals surface area contributed by atoms with Crippen molar-refractivity contribution >= 4 is 17.3 Å². The van der Waals surface area contributed by atoms with Crippen molar-refractivity contribution in [1.29, 1.82) is 0 Å². The first-order valence-electron chi connectivity index (χ1n) is 7.15. The third kappa shape index (κ3) is 4.04. The molecule has 0 saturated carbocycles. The molecule has 6 heteroatoms. The van der Waals surface area contributed by atoms with Crippen molar-refractivity contribution in [3.63, 3.8) is 0 Å². The van der Waals surface area contributed by atoms with Crippen LogP contribution in [0.4, 0.5) is 18.9 Å². The highest BCUT2D eigenvalue weighted by atomic mass is 35.5. The van der Waals surface area contributed by atoms with E-state index in [2.05, 4.69) is 5.32 Å². The number of anilines is 1. The normalized spacial score (nSPS) is 20.1. The summed E-state index contributed by atoms with van der Waals surface area (Å²) in [6.07, 6.45) is -2.56. The van der Waals surface area contributed by atoms with E-state index < -0.39 is 11.7 Å². The van der Waals surface area contributed by atoms with Gasteiger partial charge < -0.3 is 10.2 Å². The molecule has 2 nitrogen and oxygen atoms in total. The Hall–Kier alpha value is -0.940. The van der Waals surface area contributed by atoms with Gasteiger partial charge in [0, 0.05) is 25.2 Å². The molecular weight excluding hydrogens is 301 g/mol. The highest BCUT2D eigenvalue weighted by Crippen LogP contribution is 2.41. The molecule has 0 aromatic heterocycles. The molecule has 1 aromatic rings. The topological polar surface area (TPSA) is 15.3 Å². The zero-order chi connectivity index (χ0) is 15.6. The molecule has 0 aliphatic carbocycles. The molecule has 1 aliphatic heterocycles. The second-order valence-corrected chi connectivity index (χ2v) is 6.15. The Morgan fingerprint density at radius 2 is 2.05 bits per heavy atom. The standard InChI is InChI=1S/C15H20ClF3N2/c1-10(2)20-11-5-4-8-21(9-11)14-12(15(17,18)19)6-3-7-13(14)16/h3,6-7,10-11,20H,4-5,8-9H2,1-2H3. The summed E-state index contributed by atoms with van der Waals surface area (Å²) in [4.78, 5) is 1.76. The minimum atomic E-state index is -4.39. The fraction of sp³-hybridized carbons (Fsp3) is 0.600. The highest BCUT2D eigenvalue weighted by molar-refractivity contribution is 6.33. The Labute approximate surface area is 128 Å². The van der Waals surface area contributed by atoms with Crippen molar-refractivity contribution in [3.05, 3.63) is 28.8 Å². The van der Waals surface area contributed by atoms with Gasteiger partial charge in [-0.2, -0.15) is 13.2 Å². The van der Waals surface area contributed by atoms with E-state index in [0.717, 1.165) is 18.9 Å². The molecule has 0 spiro atoms. The van der Waals surface area contributed by atoms with Crippen molar-refractivity contribution < 1.29 is 13.2 Å². The summed E-state index contributed by atoms with van der Waals surface area (Å²) in [5, 5.41) is 3.56. The van der Waals surface area contributed by atoms with E-state index in [1.807, 2.05) is 13.8 Å². The van der Waals surface area contributed by atoms with Crippen LogP contribution in [0.25, 0.3) is 0 Å². The molecule has 1 aromatic carbocycles. The number of piperidine rings is 1. The highest BCUT2D eigenvalue weighted by Gasteiger charge is 2.36. The van der Waals surface area contributed by atoms with Crippen molar-refractivity contribution in [2.24, 2.45) is 0 Å². The molecule has 1 atom stereocenters. The van der Waals surface area contributed by atoms with E-state index in [9.17, 15) is 13.2 Å². The summed E-state index contributed by atoms with van der Waals surface area (Å²) in [5.74, 6) is 0. The van der Waals surface area contributed by atoms with Crippen molar-refractivity contribution in [1.82, 2.24) is 5.32 Å². The Morgan fingerprint density at radius 1 is 1.33 bits per heavy atom. The maximum absolute atomic E-state index is 13.2. The number of nitrogens with zero attached hydrogens (tertiary/aromatic N) is 1. The molecule has 1 heterocycles.